The summed E-state index contributed by atoms with van der Waals surface area (Å²) in [6, 6.07) is 7.00. The second-order valence-electron chi connectivity index (χ2n) is 4.71. The Labute approximate surface area is 125 Å². The van der Waals surface area contributed by atoms with E-state index < -0.39 is 10.0 Å². The molecule has 0 radical (unpaired) electrons. The maximum atomic E-state index is 12.2. The van der Waals surface area contributed by atoms with E-state index in [1.165, 1.54) is 6.07 Å². The van der Waals surface area contributed by atoms with Gasteiger partial charge in [-0.25, -0.2) is 13.1 Å². The van der Waals surface area contributed by atoms with Crippen molar-refractivity contribution in [3.8, 4) is 6.07 Å². The Kier molecular flexibility index (Phi) is 5.96. The number of aryl methyl sites for hydroxylation is 1. The van der Waals surface area contributed by atoms with E-state index >= 15 is 0 Å². The normalized spacial score (nSPS) is 18.3. The van der Waals surface area contributed by atoms with Crippen LogP contribution in [0.1, 0.15) is 24.0 Å². The Hall–Kier alpha value is -1.13. The number of hydrogen-bond donors (Lipinski definition) is 2. The van der Waals surface area contributed by atoms with Gasteiger partial charge in [0.2, 0.25) is 10.0 Å². The van der Waals surface area contributed by atoms with Gasteiger partial charge in [-0.15, -0.1) is 12.4 Å². The number of halogens is 1. The van der Waals surface area contributed by atoms with Crippen LogP contribution in [0.4, 0.5) is 0 Å². The van der Waals surface area contributed by atoms with Crippen LogP contribution in [-0.2, 0) is 10.0 Å². The summed E-state index contributed by atoms with van der Waals surface area (Å²) in [4.78, 5) is 0.0630. The molecule has 1 aliphatic heterocycles. The molecule has 1 aromatic carbocycles. The topological polar surface area (TPSA) is 82.0 Å². The van der Waals surface area contributed by atoms with E-state index in [0.29, 0.717) is 12.1 Å². The second kappa shape index (κ2) is 7.04. The minimum Gasteiger partial charge on any atom is -0.313 e. The fourth-order valence-corrected chi connectivity index (χ4v) is 3.54. The average Bonchev–Trinajstić information content (AvgIpc) is 2.89. The molecule has 1 fully saturated rings. The molecule has 7 heteroatoms. The molecule has 1 unspecified atom stereocenters. The fraction of sp³-hybridized carbons (Fsp3) is 0.462. The van der Waals surface area contributed by atoms with Gasteiger partial charge >= 0.3 is 0 Å². The molecule has 1 aliphatic rings. The lowest BCUT2D eigenvalue weighted by atomic mass is 10.1. The average molecular weight is 316 g/mol. The van der Waals surface area contributed by atoms with Crippen LogP contribution in [0.5, 0.6) is 0 Å². The van der Waals surface area contributed by atoms with Crippen molar-refractivity contribution in [2.75, 3.05) is 13.1 Å². The van der Waals surface area contributed by atoms with Crippen molar-refractivity contribution in [3.63, 3.8) is 0 Å². The highest BCUT2D eigenvalue weighted by atomic mass is 35.5. The number of benzene rings is 1. The highest BCUT2D eigenvalue weighted by Crippen LogP contribution is 2.18. The van der Waals surface area contributed by atoms with E-state index in [-0.39, 0.29) is 28.9 Å². The van der Waals surface area contributed by atoms with Crippen LogP contribution in [-0.4, -0.2) is 27.5 Å². The third-order valence-electron chi connectivity index (χ3n) is 3.32. The third kappa shape index (κ3) is 3.70. The predicted molar refractivity (Wildman–Crippen MR) is 79.4 cm³/mol. The lowest BCUT2D eigenvalue weighted by Crippen LogP contribution is -2.37. The molecule has 0 bridgehead atoms. The van der Waals surface area contributed by atoms with Crippen LogP contribution in [0.3, 0.4) is 0 Å². The van der Waals surface area contributed by atoms with Crippen molar-refractivity contribution in [1.82, 2.24) is 10.0 Å². The summed E-state index contributed by atoms with van der Waals surface area (Å²) in [7, 11) is -3.63. The van der Waals surface area contributed by atoms with E-state index in [9.17, 15) is 8.42 Å². The molecule has 2 rings (SSSR count). The molecule has 1 atom stereocenters. The second-order valence-corrected chi connectivity index (χ2v) is 6.44. The first-order valence-electron chi connectivity index (χ1n) is 6.27. The molecule has 1 aromatic rings. The summed E-state index contributed by atoms with van der Waals surface area (Å²) >= 11 is 0. The first-order valence-corrected chi connectivity index (χ1v) is 7.75. The van der Waals surface area contributed by atoms with Crippen molar-refractivity contribution in [3.05, 3.63) is 29.3 Å². The van der Waals surface area contributed by atoms with Crippen LogP contribution < -0.4 is 10.0 Å². The maximum absolute atomic E-state index is 12.2. The van der Waals surface area contributed by atoms with Crippen molar-refractivity contribution in [2.45, 2.75) is 30.7 Å². The smallest absolute Gasteiger partial charge is 0.241 e. The Morgan fingerprint density at radius 1 is 1.50 bits per heavy atom. The molecule has 5 nitrogen and oxygen atoms in total. The minimum atomic E-state index is -3.63. The van der Waals surface area contributed by atoms with Gasteiger partial charge in [0.05, 0.1) is 10.5 Å². The van der Waals surface area contributed by atoms with Crippen molar-refractivity contribution >= 4 is 22.4 Å². The summed E-state index contributed by atoms with van der Waals surface area (Å²) in [6.07, 6.45) is 2.04. The van der Waals surface area contributed by atoms with Gasteiger partial charge in [-0.3, -0.25) is 0 Å². The lowest BCUT2D eigenvalue weighted by molar-refractivity contribution is 0.551. The molecule has 1 heterocycles. The SMILES string of the molecule is Cc1cccc(S(=O)(=O)NCC2CCCN2)c1C#N.Cl. The molecule has 20 heavy (non-hydrogen) atoms. The molecule has 110 valence electrons. The largest absolute Gasteiger partial charge is 0.313 e. The lowest BCUT2D eigenvalue weighted by Gasteiger charge is -2.13. The molecule has 0 spiro atoms. The van der Waals surface area contributed by atoms with Crippen molar-refractivity contribution < 1.29 is 8.42 Å². The van der Waals surface area contributed by atoms with E-state index in [0.717, 1.165) is 19.4 Å². The van der Waals surface area contributed by atoms with Crippen LogP contribution in [0, 0.1) is 18.3 Å². The summed E-state index contributed by atoms with van der Waals surface area (Å²) < 4.78 is 27.0. The molecule has 1 saturated heterocycles. The Morgan fingerprint density at radius 2 is 2.25 bits per heavy atom. The Balaban J connectivity index is 0.00000200. The third-order valence-corrected chi connectivity index (χ3v) is 4.78. The van der Waals surface area contributed by atoms with Crippen LogP contribution in [0.2, 0.25) is 0 Å². The quantitative estimate of drug-likeness (QED) is 0.878. The van der Waals surface area contributed by atoms with Gasteiger partial charge in [0.25, 0.3) is 0 Å². The molecule has 0 amide bonds. The summed E-state index contributed by atoms with van der Waals surface area (Å²) in [5.41, 5.74) is 0.888. The van der Waals surface area contributed by atoms with Crippen LogP contribution in [0.25, 0.3) is 0 Å². The van der Waals surface area contributed by atoms with Gasteiger partial charge in [0, 0.05) is 12.6 Å². The van der Waals surface area contributed by atoms with E-state index in [1.54, 1.807) is 19.1 Å². The highest BCUT2D eigenvalue weighted by molar-refractivity contribution is 7.89. The summed E-state index contributed by atoms with van der Waals surface area (Å²) in [5.74, 6) is 0. The summed E-state index contributed by atoms with van der Waals surface area (Å²) in [6.45, 7) is 3.03. The predicted octanol–water partition coefficient (Wildman–Crippen LogP) is 1.32. The van der Waals surface area contributed by atoms with E-state index in [2.05, 4.69) is 10.0 Å². The number of nitrogens with zero attached hydrogens (tertiary/aromatic N) is 1. The standard InChI is InChI=1S/C13H17N3O2S.ClH/c1-10-4-2-6-13(12(10)8-14)19(17,18)16-9-11-5-3-7-15-11;/h2,4,6,11,15-16H,3,5,7,9H2,1H3;1H. The van der Waals surface area contributed by atoms with Crippen molar-refractivity contribution in [1.29, 1.82) is 5.26 Å². The number of nitriles is 1. The van der Waals surface area contributed by atoms with Gasteiger partial charge in [-0.05, 0) is 37.9 Å². The molecular formula is C13H18ClN3O2S. The van der Waals surface area contributed by atoms with E-state index in [1.807, 2.05) is 6.07 Å². The number of hydrogen-bond acceptors (Lipinski definition) is 4. The zero-order valence-electron chi connectivity index (χ0n) is 11.2. The number of sulfonamides is 1. The zero-order chi connectivity index (χ0) is 13.9. The molecule has 2 N–H and O–H groups in total. The zero-order valence-corrected chi connectivity index (χ0v) is 12.9. The first kappa shape index (κ1) is 16.9. The summed E-state index contributed by atoms with van der Waals surface area (Å²) in [5, 5.41) is 12.3. The first-order chi connectivity index (χ1) is 9.04. The Bertz CT molecular complexity index is 605. The molecule has 0 saturated carbocycles. The highest BCUT2D eigenvalue weighted by Gasteiger charge is 2.22. The van der Waals surface area contributed by atoms with Crippen LogP contribution in [0.15, 0.2) is 23.1 Å². The van der Waals surface area contributed by atoms with Gasteiger partial charge in [-0.1, -0.05) is 12.1 Å². The van der Waals surface area contributed by atoms with E-state index in [4.69, 9.17) is 5.26 Å². The van der Waals surface area contributed by atoms with Crippen molar-refractivity contribution in [2.24, 2.45) is 0 Å². The number of rotatable bonds is 4. The Morgan fingerprint density at radius 3 is 2.85 bits per heavy atom. The maximum Gasteiger partial charge on any atom is 0.241 e. The minimum absolute atomic E-state index is 0. The fourth-order valence-electron chi connectivity index (χ4n) is 2.23. The van der Waals surface area contributed by atoms with Gasteiger partial charge in [0.1, 0.15) is 6.07 Å². The molecular weight excluding hydrogens is 298 g/mol. The van der Waals surface area contributed by atoms with Crippen LogP contribution >= 0.6 is 12.4 Å². The number of nitrogens with one attached hydrogen (secondary N) is 2. The monoisotopic (exact) mass is 315 g/mol. The van der Waals surface area contributed by atoms with Gasteiger partial charge < -0.3 is 5.32 Å². The molecule has 0 aromatic heterocycles. The molecule has 0 aliphatic carbocycles. The van der Waals surface area contributed by atoms with Gasteiger partial charge in [0.15, 0.2) is 0 Å². The van der Waals surface area contributed by atoms with Gasteiger partial charge in [-0.2, -0.15) is 5.26 Å².